The van der Waals surface area contributed by atoms with Crippen LogP contribution in [-0.2, 0) is 6.42 Å². The first-order valence-corrected chi connectivity index (χ1v) is 13.6. The summed E-state index contributed by atoms with van der Waals surface area (Å²) in [5, 5.41) is 1.24. The summed E-state index contributed by atoms with van der Waals surface area (Å²) >= 11 is 0. The number of piperazine rings is 1. The molecule has 2 aliphatic heterocycles. The molecule has 0 radical (unpaired) electrons. The highest BCUT2D eigenvalue weighted by Crippen LogP contribution is 2.28. The van der Waals surface area contributed by atoms with Crippen LogP contribution in [0.25, 0.3) is 10.9 Å². The van der Waals surface area contributed by atoms with Gasteiger partial charge in [0.25, 0.3) is 0 Å². The van der Waals surface area contributed by atoms with Crippen molar-refractivity contribution in [3.8, 4) is 0 Å². The standard InChI is InChI=1S/C32H35N5O/c1-24-6-3-8-27(22-24)36-20-21-37(32(36)38)28-9-4-7-26(23-28)14-15-34-16-18-35(19-17-34)31-11-5-10-30-29(31)13-12-25(2)33-30/h3-13,22-23H,14-21H2,1-2H3. The molecule has 0 saturated carbocycles. The Morgan fingerprint density at radius 3 is 2.21 bits per heavy atom. The van der Waals surface area contributed by atoms with Crippen molar-refractivity contribution in [3.05, 3.63) is 95.7 Å². The van der Waals surface area contributed by atoms with E-state index in [1.54, 1.807) is 0 Å². The normalized spacial score (nSPS) is 16.6. The molecule has 2 amide bonds. The van der Waals surface area contributed by atoms with Gasteiger partial charge in [-0.1, -0.05) is 30.3 Å². The molecule has 6 rings (SSSR count). The highest BCUT2D eigenvalue weighted by molar-refractivity contribution is 6.06. The smallest absolute Gasteiger partial charge is 0.329 e. The summed E-state index contributed by atoms with van der Waals surface area (Å²) < 4.78 is 0. The second kappa shape index (κ2) is 10.5. The van der Waals surface area contributed by atoms with Crippen LogP contribution in [0.1, 0.15) is 16.8 Å². The summed E-state index contributed by atoms with van der Waals surface area (Å²) in [4.78, 5) is 26.8. The first-order valence-electron chi connectivity index (χ1n) is 13.6. The lowest BCUT2D eigenvalue weighted by molar-refractivity contribution is 0.256. The zero-order chi connectivity index (χ0) is 26.1. The molecule has 1 aromatic heterocycles. The number of pyridine rings is 1. The van der Waals surface area contributed by atoms with E-state index in [9.17, 15) is 4.79 Å². The van der Waals surface area contributed by atoms with Crippen molar-refractivity contribution in [2.24, 2.45) is 0 Å². The third-order valence-corrected chi connectivity index (χ3v) is 7.82. The van der Waals surface area contributed by atoms with Crippen LogP contribution in [0.2, 0.25) is 0 Å². The lowest BCUT2D eigenvalue weighted by atomic mass is 10.1. The van der Waals surface area contributed by atoms with Crippen LogP contribution in [0.15, 0.2) is 78.9 Å². The van der Waals surface area contributed by atoms with Gasteiger partial charge in [0.1, 0.15) is 0 Å². The van der Waals surface area contributed by atoms with Gasteiger partial charge in [0.2, 0.25) is 0 Å². The summed E-state index contributed by atoms with van der Waals surface area (Å²) in [7, 11) is 0. The van der Waals surface area contributed by atoms with Crippen molar-refractivity contribution in [2.75, 3.05) is 60.5 Å². The predicted molar refractivity (Wildman–Crippen MR) is 157 cm³/mol. The number of benzene rings is 3. The molecule has 38 heavy (non-hydrogen) atoms. The maximum absolute atomic E-state index is 13.2. The molecule has 0 aliphatic carbocycles. The van der Waals surface area contributed by atoms with Gasteiger partial charge < -0.3 is 4.90 Å². The fourth-order valence-corrected chi connectivity index (χ4v) is 5.71. The Labute approximate surface area is 225 Å². The Kier molecular flexibility index (Phi) is 6.73. The number of carbonyl (C=O) groups is 1. The zero-order valence-electron chi connectivity index (χ0n) is 22.3. The van der Waals surface area contributed by atoms with Crippen molar-refractivity contribution >= 4 is 34.0 Å². The second-order valence-corrected chi connectivity index (χ2v) is 10.5. The highest BCUT2D eigenvalue weighted by Gasteiger charge is 2.30. The minimum absolute atomic E-state index is 0.0580. The van der Waals surface area contributed by atoms with Crippen LogP contribution in [0.5, 0.6) is 0 Å². The first kappa shape index (κ1) is 24.4. The fraction of sp³-hybridized carbons (Fsp3) is 0.312. The molecule has 6 heteroatoms. The van der Waals surface area contributed by atoms with E-state index >= 15 is 0 Å². The summed E-state index contributed by atoms with van der Waals surface area (Å²) in [5.41, 5.74) is 7.83. The average molecular weight is 506 g/mol. The Balaban J connectivity index is 1.06. The molecule has 2 saturated heterocycles. The number of fused-ring (bicyclic) bond motifs is 1. The van der Waals surface area contributed by atoms with E-state index in [2.05, 4.69) is 83.5 Å². The molecular weight excluding hydrogens is 470 g/mol. The van der Waals surface area contributed by atoms with Gasteiger partial charge in [0.05, 0.1) is 5.52 Å². The van der Waals surface area contributed by atoms with E-state index in [1.807, 2.05) is 28.9 Å². The number of amides is 2. The molecule has 0 unspecified atom stereocenters. The third kappa shape index (κ3) is 4.96. The van der Waals surface area contributed by atoms with Gasteiger partial charge >= 0.3 is 6.03 Å². The number of carbonyl (C=O) groups excluding carboxylic acids is 1. The molecule has 0 atom stereocenters. The number of hydrogen-bond donors (Lipinski definition) is 0. The molecule has 194 valence electrons. The van der Waals surface area contributed by atoms with Crippen molar-refractivity contribution in [2.45, 2.75) is 20.3 Å². The molecule has 2 fully saturated rings. The summed E-state index contributed by atoms with van der Waals surface area (Å²) in [6, 6.07) is 27.5. The second-order valence-electron chi connectivity index (χ2n) is 10.5. The van der Waals surface area contributed by atoms with Crippen LogP contribution < -0.4 is 14.7 Å². The molecular formula is C32H35N5O. The van der Waals surface area contributed by atoms with Gasteiger partial charge in [-0.25, -0.2) is 4.79 Å². The van der Waals surface area contributed by atoms with Crippen molar-refractivity contribution < 1.29 is 4.79 Å². The molecule has 0 spiro atoms. The van der Waals surface area contributed by atoms with E-state index in [0.717, 1.165) is 61.7 Å². The zero-order valence-corrected chi connectivity index (χ0v) is 22.3. The average Bonchev–Trinajstić information content (AvgIpc) is 3.33. The van der Waals surface area contributed by atoms with Gasteiger partial charge in [0.15, 0.2) is 0 Å². The number of nitrogens with zero attached hydrogens (tertiary/aromatic N) is 5. The molecule has 3 heterocycles. The van der Waals surface area contributed by atoms with E-state index in [1.165, 1.54) is 22.2 Å². The Hall–Kier alpha value is -3.90. The number of anilines is 3. The van der Waals surface area contributed by atoms with E-state index in [-0.39, 0.29) is 6.03 Å². The van der Waals surface area contributed by atoms with E-state index < -0.39 is 0 Å². The molecule has 6 nitrogen and oxygen atoms in total. The molecule has 0 bridgehead atoms. The number of urea groups is 1. The summed E-state index contributed by atoms with van der Waals surface area (Å²) in [5.74, 6) is 0. The SMILES string of the molecule is Cc1cccc(N2CCN(c3cccc(CCN4CCN(c5cccc6nc(C)ccc56)CC4)c3)C2=O)c1. The van der Waals surface area contributed by atoms with Gasteiger partial charge in [-0.3, -0.25) is 19.7 Å². The molecule has 0 N–H and O–H groups in total. The fourth-order valence-electron chi connectivity index (χ4n) is 5.71. The molecule has 2 aliphatic rings. The number of rotatable bonds is 6. The summed E-state index contributed by atoms with van der Waals surface area (Å²) in [6.45, 7) is 10.7. The minimum Gasteiger partial charge on any atom is -0.368 e. The Morgan fingerprint density at radius 1 is 0.737 bits per heavy atom. The van der Waals surface area contributed by atoms with Gasteiger partial charge in [-0.05, 0) is 79.9 Å². The van der Waals surface area contributed by atoms with Crippen LogP contribution >= 0.6 is 0 Å². The lowest BCUT2D eigenvalue weighted by Gasteiger charge is -2.36. The molecule has 4 aromatic rings. The largest absolute Gasteiger partial charge is 0.368 e. The van der Waals surface area contributed by atoms with Gasteiger partial charge in [-0.15, -0.1) is 0 Å². The maximum Gasteiger partial charge on any atom is 0.329 e. The van der Waals surface area contributed by atoms with Crippen LogP contribution in [0.3, 0.4) is 0 Å². The van der Waals surface area contributed by atoms with Crippen LogP contribution in [0, 0.1) is 13.8 Å². The first-order chi connectivity index (χ1) is 18.5. The maximum atomic E-state index is 13.2. The highest BCUT2D eigenvalue weighted by atomic mass is 16.2. The van der Waals surface area contributed by atoms with Crippen LogP contribution in [-0.4, -0.2) is 61.7 Å². The number of aromatic nitrogens is 1. The van der Waals surface area contributed by atoms with Crippen molar-refractivity contribution in [3.63, 3.8) is 0 Å². The summed E-state index contributed by atoms with van der Waals surface area (Å²) in [6.07, 6.45) is 0.981. The Morgan fingerprint density at radius 2 is 1.45 bits per heavy atom. The van der Waals surface area contributed by atoms with Crippen molar-refractivity contribution in [1.29, 1.82) is 0 Å². The quantitative estimate of drug-likeness (QED) is 0.339. The third-order valence-electron chi connectivity index (χ3n) is 7.82. The number of aryl methyl sites for hydroxylation is 2. The topological polar surface area (TPSA) is 42.9 Å². The molecule has 3 aromatic carbocycles. The van der Waals surface area contributed by atoms with Gasteiger partial charge in [-0.2, -0.15) is 0 Å². The van der Waals surface area contributed by atoms with Crippen LogP contribution in [0.4, 0.5) is 21.9 Å². The monoisotopic (exact) mass is 505 g/mol. The lowest BCUT2D eigenvalue weighted by Crippen LogP contribution is -2.47. The number of hydrogen-bond acceptors (Lipinski definition) is 4. The van der Waals surface area contributed by atoms with Crippen molar-refractivity contribution in [1.82, 2.24) is 9.88 Å². The minimum atomic E-state index is 0.0580. The Bertz CT molecular complexity index is 1460. The van der Waals surface area contributed by atoms with Gasteiger partial charge in [0, 0.05) is 74.0 Å². The van der Waals surface area contributed by atoms with E-state index in [0.29, 0.717) is 13.1 Å². The van der Waals surface area contributed by atoms with E-state index in [4.69, 9.17) is 4.98 Å². The predicted octanol–water partition coefficient (Wildman–Crippen LogP) is 5.66.